The fourth-order valence-corrected chi connectivity index (χ4v) is 1.63. The summed E-state index contributed by atoms with van der Waals surface area (Å²) in [5.41, 5.74) is 2.35. The van der Waals surface area contributed by atoms with E-state index in [0.717, 1.165) is 11.9 Å². The SMILES string of the molecule is C=C(Cl)Cc1c[nH]c2ccccc12. The minimum atomic E-state index is 0.671. The Bertz CT molecular complexity index is 442. The van der Waals surface area contributed by atoms with E-state index in [4.69, 9.17) is 11.6 Å². The van der Waals surface area contributed by atoms with Crippen molar-refractivity contribution in [3.05, 3.63) is 47.6 Å². The lowest BCUT2D eigenvalue weighted by Crippen LogP contribution is -1.79. The van der Waals surface area contributed by atoms with E-state index in [2.05, 4.69) is 23.7 Å². The Balaban J connectivity index is 2.51. The zero-order valence-electron chi connectivity index (χ0n) is 7.18. The molecule has 0 saturated heterocycles. The lowest BCUT2D eigenvalue weighted by molar-refractivity contribution is 1.27. The molecule has 0 saturated carbocycles. The molecule has 0 aliphatic rings. The molecule has 13 heavy (non-hydrogen) atoms. The fraction of sp³-hybridized carbons (Fsp3) is 0.0909. The van der Waals surface area contributed by atoms with E-state index in [1.807, 2.05) is 18.3 Å². The Morgan fingerprint density at radius 1 is 1.38 bits per heavy atom. The summed E-state index contributed by atoms with van der Waals surface area (Å²) in [5.74, 6) is 0. The van der Waals surface area contributed by atoms with Crippen molar-refractivity contribution < 1.29 is 0 Å². The first kappa shape index (κ1) is 8.39. The minimum Gasteiger partial charge on any atom is -0.361 e. The van der Waals surface area contributed by atoms with E-state index in [1.54, 1.807) is 0 Å². The molecule has 2 aromatic rings. The van der Waals surface area contributed by atoms with Crippen LogP contribution < -0.4 is 0 Å². The van der Waals surface area contributed by atoms with E-state index in [0.29, 0.717) is 5.03 Å². The summed E-state index contributed by atoms with van der Waals surface area (Å²) in [7, 11) is 0. The first-order valence-electron chi connectivity index (χ1n) is 4.15. The van der Waals surface area contributed by atoms with Crippen LogP contribution in [0.5, 0.6) is 0 Å². The van der Waals surface area contributed by atoms with Gasteiger partial charge in [-0.3, -0.25) is 0 Å². The summed E-state index contributed by atoms with van der Waals surface area (Å²) in [5, 5.41) is 1.90. The number of hydrogen-bond donors (Lipinski definition) is 1. The van der Waals surface area contributed by atoms with Crippen LogP contribution in [0.1, 0.15) is 5.56 Å². The normalized spacial score (nSPS) is 10.5. The molecule has 66 valence electrons. The standard InChI is InChI=1S/C11H10ClN/c1-8(12)6-9-7-13-11-5-3-2-4-10(9)11/h2-5,7,13H,1,6H2. The average Bonchev–Trinajstić information content (AvgIpc) is 2.48. The van der Waals surface area contributed by atoms with Crippen LogP contribution in [0.2, 0.25) is 0 Å². The van der Waals surface area contributed by atoms with Crippen LogP contribution in [0.3, 0.4) is 0 Å². The largest absolute Gasteiger partial charge is 0.361 e. The van der Waals surface area contributed by atoms with Gasteiger partial charge in [0.25, 0.3) is 0 Å². The summed E-state index contributed by atoms with van der Waals surface area (Å²) < 4.78 is 0. The van der Waals surface area contributed by atoms with Gasteiger partial charge in [-0.15, -0.1) is 0 Å². The molecule has 1 nitrogen and oxygen atoms in total. The average molecular weight is 192 g/mol. The molecule has 0 fully saturated rings. The number of nitrogens with one attached hydrogen (secondary N) is 1. The zero-order valence-corrected chi connectivity index (χ0v) is 7.93. The highest BCUT2D eigenvalue weighted by Gasteiger charge is 2.02. The van der Waals surface area contributed by atoms with Gasteiger partial charge >= 0.3 is 0 Å². The Hall–Kier alpha value is -1.21. The second-order valence-corrected chi connectivity index (χ2v) is 3.59. The van der Waals surface area contributed by atoms with Crippen molar-refractivity contribution in [1.29, 1.82) is 0 Å². The van der Waals surface area contributed by atoms with Gasteiger partial charge in [0.1, 0.15) is 0 Å². The highest BCUT2D eigenvalue weighted by Crippen LogP contribution is 2.20. The summed E-state index contributed by atoms with van der Waals surface area (Å²) >= 11 is 5.76. The highest BCUT2D eigenvalue weighted by atomic mass is 35.5. The number of halogens is 1. The number of benzene rings is 1. The predicted octanol–water partition coefficient (Wildman–Crippen LogP) is 3.46. The fourth-order valence-electron chi connectivity index (χ4n) is 1.48. The topological polar surface area (TPSA) is 15.8 Å². The van der Waals surface area contributed by atoms with Crippen molar-refractivity contribution in [3.63, 3.8) is 0 Å². The van der Waals surface area contributed by atoms with Gasteiger partial charge in [0.2, 0.25) is 0 Å². The van der Waals surface area contributed by atoms with E-state index in [9.17, 15) is 0 Å². The summed E-state index contributed by atoms with van der Waals surface area (Å²) in [6.07, 6.45) is 2.71. The first-order valence-corrected chi connectivity index (χ1v) is 4.53. The minimum absolute atomic E-state index is 0.671. The molecular weight excluding hydrogens is 182 g/mol. The first-order chi connectivity index (χ1) is 6.27. The number of para-hydroxylation sites is 1. The number of aromatic nitrogens is 1. The van der Waals surface area contributed by atoms with Crippen LogP contribution in [0, 0.1) is 0 Å². The van der Waals surface area contributed by atoms with E-state index < -0.39 is 0 Å². The van der Waals surface area contributed by atoms with Crippen molar-refractivity contribution in [1.82, 2.24) is 4.98 Å². The Labute approximate surface area is 82.0 Å². The summed E-state index contributed by atoms with van der Waals surface area (Å²) in [6.45, 7) is 3.69. The maximum atomic E-state index is 5.76. The van der Waals surface area contributed by atoms with Crippen molar-refractivity contribution >= 4 is 22.5 Å². The second kappa shape index (κ2) is 3.27. The number of allylic oxidation sites excluding steroid dienone is 1. The van der Waals surface area contributed by atoms with Crippen LogP contribution in [0.15, 0.2) is 42.1 Å². The molecule has 0 unspecified atom stereocenters. The third kappa shape index (κ3) is 1.61. The smallest absolute Gasteiger partial charge is 0.0456 e. The van der Waals surface area contributed by atoms with Crippen LogP contribution in [-0.4, -0.2) is 4.98 Å². The van der Waals surface area contributed by atoms with Crippen LogP contribution in [-0.2, 0) is 6.42 Å². The highest BCUT2D eigenvalue weighted by molar-refractivity contribution is 6.29. The Morgan fingerprint density at radius 3 is 2.92 bits per heavy atom. The van der Waals surface area contributed by atoms with Gasteiger partial charge < -0.3 is 4.98 Å². The molecule has 2 heteroatoms. The van der Waals surface area contributed by atoms with Crippen LogP contribution in [0.25, 0.3) is 10.9 Å². The monoisotopic (exact) mass is 191 g/mol. The zero-order chi connectivity index (χ0) is 9.26. The lowest BCUT2D eigenvalue weighted by Gasteiger charge is -1.95. The van der Waals surface area contributed by atoms with Crippen LogP contribution in [0.4, 0.5) is 0 Å². The van der Waals surface area contributed by atoms with Gasteiger partial charge in [-0.1, -0.05) is 36.4 Å². The molecule has 0 atom stereocenters. The van der Waals surface area contributed by atoms with E-state index in [1.165, 1.54) is 10.9 Å². The molecule has 0 spiro atoms. The van der Waals surface area contributed by atoms with Crippen molar-refractivity contribution in [2.75, 3.05) is 0 Å². The Morgan fingerprint density at radius 2 is 2.15 bits per heavy atom. The van der Waals surface area contributed by atoms with Gasteiger partial charge in [-0.25, -0.2) is 0 Å². The summed E-state index contributed by atoms with van der Waals surface area (Å²) in [4.78, 5) is 3.19. The van der Waals surface area contributed by atoms with E-state index >= 15 is 0 Å². The molecule has 0 aliphatic carbocycles. The molecule has 2 rings (SSSR count). The van der Waals surface area contributed by atoms with Crippen molar-refractivity contribution in [3.8, 4) is 0 Å². The number of rotatable bonds is 2. The second-order valence-electron chi connectivity index (χ2n) is 3.05. The molecule has 1 aromatic heterocycles. The number of fused-ring (bicyclic) bond motifs is 1. The predicted molar refractivity (Wildman–Crippen MR) is 57.0 cm³/mol. The molecule has 0 aliphatic heterocycles. The molecule has 0 bridgehead atoms. The molecule has 0 amide bonds. The molecule has 1 aromatic carbocycles. The number of H-pyrrole nitrogens is 1. The quantitative estimate of drug-likeness (QED) is 0.749. The molecule has 1 N–H and O–H groups in total. The van der Waals surface area contributed by atoms with Gasteiger partial charge in [-0.2, -0.15) is 0 Å². The third-order valence-corrected chi connectivity index (χ3v) is 2.19. The van der Waals surface area contributed by atoms with Crippen molar-refractivity contribution in [2.45, 2.75) is 6.42 Å². The molecule has 0 radical (unpaired) electrons. The van der Waals surface area contributed by atoms with Gasteiger partial charge in [-0.05, 0) is 11.6 Å². The number of aromatic amines is 1. The maximum Gasteiger partial charge on any atom is 0.0456 e. The Kier molecular flexibility index (Phi) is 2.11. The summed E-state index contributed by atoms with van der Waals surface area (Å²) in [6, 6.07) is 8.17. The van der Waals surface area contributed by atoms with Gasteiger partial charge in [0, 0.05) is 28.6 Å². The lowest BCUT2D eigenvalue weighted by atomic mass is 10.1. The number of hydrogen-bond acceptors (Lipinski definition) is 0. The van der Waals surface area contributed by atoms with Gasteiger partial charge in [0.05, 0.1) is 0 Å². The van der Waals surface area contributed by atoms with Gasteiger partial charge in [0.15, 0.2) is 0 Å². The van der Waals surface area contributed by atoms with E-state index in [-0.39, 0.29) is 0 Å². The van der Waals surface area contributed by atoms with Crippen LogP contribution >= 0.6 is 11.6 Å². The van der Waals surface area contributed by atoms with Crippen molar-refractivity contribution in [2.24, 2.45) is 0 Å². The molecular formula is C11H10ClN. The maximum absolute atomic E-state index is 5.76. The molecule has 1 heterocycles. The third-order valence-electron chi connectivity index (χ3n) is 2.06.